The van der Waals surface area contributed by atoms with E-state index in [0.29, 0.717) is 18.1 Å². The van der Waals surface area contributed by atoms with Gasteiger partial charge in [-0.2, -0.15) is 0 Å². The summed E-state index contributed by atoms with van der Waals surface area (Å²) in [6.07, 6.45) is 1.23. The Balaban J connectivity index is 1.97. The summed E-state index contributed by atoms with van der Waals surface area (Å²) in [5.41, 5.74) is 1.29. The molecule has 100 valence electrons. The second-order valence-corrected chi connectivity index (χ2v) is 5.39. The van der Waals surface area contributed by atoms with Crippen molar-refractivity contribution in [3.8, 4) is 5.75 Å². The first-order valence-corrected chi connectivity index (χ1v) is 6.70. The zero-order chi connectivity index (χ0) is 13.1. The second kappa shape index (κ2) is 5.72. The summed E-state index contributed by atoms with van der Waals surface area (Å²) in [7, 11) is 3.91. The summed E-state index contributed by atoms with van der Waals surface area (Å²) >= 11 is 0. The van der Waals surface area contributed by atoms with Crippen molar-refractivity contribution in [2.45, 2.75) is 38.4 Å². The van der Waals surface area contributed by atoms with Gasteiger partial charge in [0.05, 0.1) is 7.11 Å². The fourth-order valence-electron chi connectivity index (χ4n) is 2.68. The molecule has 0 amide bonds. The Morgan fingerprint density at radius 2 is 2.22 bits per heavy atom. The van der Waals surface area contributed by atoms with E-state index in [2.05, 4.69) is 49.3 Å². The quantitative estimate of drug-likeness (QED) is 0.885. The zero-order valence-electron chi connectivity index (χ0n) is 11.8. The number of ether oxygens (including phenoxy) is 1. The molecule has 1 saturated heterocycles. The third kappa shape index (κ3) is 3.03. The summed E-state index contributed by atoms with van der Waals surface area (Å²) in [6, 6.07) is 9.94. The molecule has 2 rings (SSSR count). The maximum atomic E-state index is 5.27. The molecule has 0 aliphatic carbocycles. The van der Waals surface area contributed by atoms with Crippen molar-refractivity contribution in [3.05, 3.63) is 29.8 Å². The van der Waals surface area contributed by atoms with Crippen LogP contribution >= 0.6 is 0 Å². The third-order valence-electron chi connectivity index (χ3n) is 3.97. The summed E-state index contributed by atoms with van der Waals surface area (Å²) in [4.78, 5) is 2.41. The van der Waals surface area contributed by atoms with E-state index in [9.17, 15) is 0 Å². The smallest absolute Gasteiger partial charge is 0.119 e. The van der Waals surface area contributed by atoms with E-state index in [4.69, 9.17) is 4.74 Å². The van der Waals surface area contributed by atoms with Crippen molar-refractivity contribution in [1.29, 1.82) is 0 Å². The summed E-state index contributed by atoms with van der Waals surface area (Å²) < 4.78 is 5.27. The maximum Gasteiger partial charge on any atom is 0.119 e. The number of hydrogen-bond acceptors (Lipinski definition) is 3. The van der Waals surface area contributed by atoms with Gasteiger partial charge in [0.2, 0.25) is 0 Å². The number of nitrogens with one attached hydrogen (secondary N) is 1. The van der Waals surface area contributed by atoms with Gasteiger partial charge in [-0.1, -0.05) is 12.1 Å². The molecule has 1 aromatic carbocycles. The highest BCUT2D eigenvalue weighted by Crippen LogP contribution is 2.22. The molecular formula is C15H24N2O. The molecule has 1 heterocycles. The molecule has 0 bridgehead atoms. The Morgan fingerprint density at radius 3 is 2.83 bits per heavy atom. The van der Waals surface area contributed by atoms with E-state index in [1.807, 2.05) is 6.07 Å². The number of rotatable bonds is 4. The lowest BCUT2D eigenvalue weighted by atomic mass is 10.1. The van der Waals surface area contributed by atoms with Crippen molar-refractivity contribution in [2.24, 2.45) is 0 Å². The van der Waals surface area contributed by atoms with Gasteiger partial charge in [-0.3, -0.25) is 0 Å². The Hall–Kier alpha value is -1.06. The minimum Gasteiger partial charge on any atom is -0.497 e. The number of methoxy groups -OCH3 is 1. The third-order valence-corrected chi connectivity index (χ3v) is 3.97. The van der Waals surface area contributed by atoms with Crippen molar-refractivity contribution in [2.75, 3.05) is 20.7 Å². The monoisotopic (exact) mass is 248 g/mol. The predicted molar refractivity (Wildman–Crippen MR) is 75.0 cm³/mol. The fraction of sp³-hybridized carbons (Fsp3) is 0.600. The minimum absolute atomic E-state index is 0.365. The van der Waals surface area contributed by atoms with Crippen LogP contribution in [0.2, 0.25) is 0 Å². The molecule has 3 nitrogen and oxygen atoms in total. The van der Waals surface area contributed by atoms with E-state index in [1.165, 1.54) is 12.0 Å². The van der Waals surface area contributed by atoms with Crippen LogP contribution in [0.4, 0.5) is 0 Å². The van der Waals surface area contributed by atoms with Crippen LogP contribution in [-0.4, -0.2) is 37.7 Å². The molecule has 2 unspecified atom stereocenters. The van der Waals surface area contributed by atoms with E-state index >= 15 is 0 Å². The molecule has 1 aromatic rings. The first-order chi connectivity index (χ1) is 8.60. The van der Waals surface area contributed by atoms with E-state index in [1.54, 1.807) is 7.11 Å². The van der Waals surface area contributed by atoms with Gasteiger partial charge in [0.25, 0.3) is 0 Å². The van der Waals surface area contributed by atoms with E-state index in [-0.39, 0.29) is 0 Å². The first-order valence-electron chi connectivity index (χ1n) is 6.70. The highest BCUT2D eigenvalue weighted by Gasteiger charge is 2.26. The van der Waals surface area contributed by atoms with Crippen LogP contribution in [0, 0.1) is 0 Å². The first kappa shape index (κ1) is 13.4. The molecule has 1 aliphatic rings. The van der Waals surface area contributed by atoms with Crippen LogP contribution < -0.4 is 10.1 Å². The fourth-order valence-corrected chi connectivity index (χ4v) is 2.68. The van der Waals surface area contributed by atoms with E-state index < -0.39 is 0 Å². The molecular weight excluding hydrogens is 224 g/mol. The van der Waals surface area contributed by atoms with Crippen molar-refractivity contribution in [3.63, 3.8) is 0 Å². The highest BCUT2D eigenvalue weighted by atomic mass is 16.5. The standard InChI is InChI=1S/C15H24N2O/c1-11-8-14(10-17(11)3)16-12(2)13-6-5-7-15(9-13)18-4/h5-7,9,11-12,14,16H,8,10H2,1-4H3/t11?,12-,14?/m1/s1. The second-order valence-electron chi connectivity index (χ2n) is 5.39. The lowest BCUT2D eigenvalue weighted by Crippen LogP contribution is -2.33. The zero-order valence-corrected chi connectivity index (χ0v) is 11.8. The molecule has 0 spiro atoms. The van der Waals surface area contributed by atoms with Gasteiger partial charge in [-0.05, 0) is 45.0 Å². The lowest BCUT2D eigenvalue weighted by Gasteiger charge is -2.20. The molecule has 1 fully saturated rings. The normalized spacial score (nSPS) is 26.2. The summed E-state index contributed by atoms with van der Waals surface area (Å²) in [6.45, 7) is 5.64. The molecule has 1 aliphatic heterocycles. The average molecular weight is 248 g/mol. The van der Waals surface area contributed by atoms with Crippen LogP contribution in [0.1, 0.15) is 31.9 Å². The maximum absolute atomic E-state index is 5.27. The molecule has 3 heteroatoms. The van der Waals surface area contributed by atoms with Gasteiger partial charge in [-0.25, -0.2) is 0 Å². The van der Waals surface area contributed by atoms with Crippen molar-refractivity contribution < 1.29 is 4.74 Å². The van der Waals surface area contributed by atoms with Crippen LogP contribution in [0.5, 0.6) is 5.75 Å². The van der Waals surface area contributed by atoms with Crippen LogP contribution in [0.3, 0.4) is 0 Å². The number of benzene rings is 1. The number of nitrogens with zero attached hydrogens (tertiary/aromatic N) is 1. The Kier molecular flexibility index (Phi) is 4.25. The average Bonchev–Trinajstić information content (AvgIpc) is 2.68. The number of likely N-dealkylation sites (tertiary alicyclic amines) is 1. The van der Waals surface area contributed by atoms with Gasteiger partial charge in [0.1, 0.15) is 5.75 Å². The highest BCUT2D eigenvalue weighted by molar-refractivity contribution is 5.30. The Bertz CT molecular complexity index is 384. The summed E-state index contributed by atoms with van der Waals surface area (Å²) in [5.74, 6) is 0.929. The van der Waals surface area contributed by atoms with Crippen LogP contribution in [0.15, 0.2) is 24.3 Å². The molecule has 0 radical (unpaired) electrons. The van der Waals surface area contributed by atoms with Crippen LogP contribution in [0.25, 0.3) is 0 Å². The minimum atomic E-state index is 0.365. The van der Waals surface area contributed by atoms with E-state index in [0.717, 1.165) is 12.3 Å². The largest absolute Gasteiger partial charge is 0.497 e. The SMILES string of the molecule is COc1cccc([C@@H](C)NC2CC(C)N(C)C2)c1. The molecule has 0 saturated carbocycles. The topological polar surface area (TPSA) is 24.5 Å². The van der Waals surface area contributed by atoms with Crippen molar-refractivity contribution in [1.82, 2.24) is 10.2 Å². The number of likely N-dealkylation sites (N-methyl/N-ethyl adjacent to an activating group) is 1. The van der Waals surface area contributed by atoms with Gasteiger partial charge < -0.3 is 15.0 Å². The molecule has 0 aromatic heterocycles. The Morgan fingerprint density at radius 1 is 1.44 bits per heavy atom. The van der Waals surface area contributed by atoms with Crippen LogP contribution in [-0.2, 0) is 0 Å². The molecule has 1 N–H and O–H groups in total. The van der Waals surface area contributed by atoms with Gasteiger partial charge in [-0.15, -0.1) is 0 Å². The lowest BCUT2D eigenvalue weighted by molar-refractivity contribution is 0.325. The summed E-state index contributed by atoms with van der Waals surface area (Å²) in [5, 5.41) is 3.71. The van der Waals surface area contributed by atoms with Gasteiger partial charge in [0, 0.05) is 24.7 Å². The van der Waals surface area contributed by atoms with Gasteiger partial charge >= 0.3 is 0 Å². The number of hydrogen-bond donors (Lipinski definition) is 1. The van der Waals surface area contributed by atoms with Gasteiger partial charge in [0.15, 0.2) is 0 Å². The molecule has 3 atom stereocenters. The van der Waals surface area contributed by atoms with Crippen molar-refractivity contribution >= 4 is 0 Å². The Labute approximate surface area is 110 Å². The predicted octanol–water partition coefficient (Wildman–Crippen LogP) is 2.44. The molecule has 18 heavy (non-hydrogen) atoms.